The van der Waals surface area contributed by atoms with E-state index < -0.39 is 6.04 Å². The number of carbonyl (C=O) groups is 2. The molecular formula is C12H14N2O2. The first-order chi connectivity index (χ1) is 7.69. The van der Waals surface area contributed by atoms with Crippen LogP contribution < -0.4 is 10.6 Å². The quantitative estimate of drug-likeness (QED) is 0.746. The number of anilines is 1. The van der Waals surface area contributed by atoms with Gasteiger partial charge < -0.3 is 5.32 Å². The summed E-state index contributed by atoms with van der Waals surface area (Å²) in [6.45, 7) is 2.07. The molecule has 1 aliphatic heterocycles. The zero-order chi connectivity index (χ0) is 11.5. The molecule has 4 heteroatoms. The summed E-state index contributed by atoms with van der Waals surface area (Å²) in [5.74, 6) is -0.457. The van der Waals surface area contributed by atoms with Crippen molar-refractivity contribution in [3.05, 3.63) is 29.8 Å². The van der Waals surface area contributed by atoms with Crippen LogP contribution in [0.5, 0.6) is 0 Å². The van der Waals surface area contributed by atoms with Crippen LogP contribution in [0.3, 0.4) is 0 Å². The van der Waals surface area contributed by atoms with Crippen LogP contribution in [0.25, 0.3) is 0 Å². The number of nitrogens with one attached hydrogen (secondary N) is 2. The number of hydrogen-bond acceptors (Lipinski definition) is 3. The summed E-state index contributed by atoms with van der Waals surface area (Å²) in [7, 11) is 0. The van der Waals surface area contributed by atoms with Gasteiger partial charge in [0.05, 0.1) is 6.42 Å². The number of rotatable bonds is 3. The third kappa shape index (κ3) is 2.21. The zero-order valence-electron chi connectivity index (χ0n) is 9.12. The molecule has 2 N–H and O–H groups in total. The molecule has 1 aromatic rings. The Morgan fingerprint density at radius 3 is 2.88 bits per heavy atom. The molecule has 1 saturated heterocycles. The van der Waals surface area contributed by atoms with Gasteiger partial charge in [-0.3, -0.25) is 14.9 Å². The lowest BCUT2D eigenvalue weighted by Gasteiger charge is -2.11. The van der Waals surface area contributed by atoms with E-state index >= 15 is 0 Å². The van der Waals surface area contributed by atoms with E-state index in [1.165, 1.54) is 5.56 Å². The van der Waals surface area contributed by atoms with Crippen LogP contribution in [0, 0.1) is 0 Å². The smallest absolute Gasteiger partial charge is 0.249 e. The van der Waals surface area contributed by atoms with Gasteiger partial charge in [0.2, 0.25) is 11.8 Å². The fourth-order valence-electron chi connectivity index (χ4n) is 1.75. The normalized spacial score (nSPS) is 19.7. The van der Waals surface area contributed by atoms with Crippen LogP contribution in [-0.4, -0.2) is 17.9 Å². The second-order valence-electron chi connectivity index (χ2n) is 3.87. The van der Waals surface area contributed by atoms with Crippen molar-refractivity contribution in [2.75, 3.05) is 5.32 Å². The third-order valence-corrected chi connectivity index (χ3v) is 2.64. The highest BCUT2D eigenvalue weighted by atomic mass is 16.2. The van der Waals surface area contributed by atoms with Crippen molar-refractivity contribution in [1.82, 2.24) is 5.32 Å². The predicted octanol–water partition coefficient (Wildman–Crippen LogP) is 1.08. The first kappa shape index (κ1) is 10.7. The van der Waals surface area contributed by atoms with Crippen molar-refractivity contribution >= 4 is 17.5 Å². The topological polar surface area (TPSA) is 58.2 Å². The molecule has 1 aromatic carbocycles. The van der Waals surface area contributed by atoms with Crippen LogP contribution >= 0.6 is 0 Å². The highest BCUT2D eigenvalue weighted by Gasteiger charge is 2.30. The number of benzene rings is 1. The fraction of sp³-hybridized carbons (Fsp3) is 0.333. The summed E-state index contributed by atoms with van der Waals surface area (Å²) in [6.07, 6.45) is 1.17. The van der Waals surface area contributed by atoms with Crippen molar-refractivity contribution < 1.29 is 9.59 Å². The molecule has 1 unspecified atom stereocenters. The molecule has 0 aliphatic carbocycles. The number of carbonyl (C=O) groups excluding carboxylic acids is 2. The van der Waals surface area contributed by atoms with E-state index in [-0.39, 0.29) is 18.2 Å². The molecule has 0 spiro atoms. The molecule has 2 amide bonds. The Bertz CT molecular complexity index is 429. The Hall–Kier alpha value is -1.84. The molecular weight excluding hydrogens is 204 g/mol. The van der Waals surface area contributed by atoms with Gasteiger partial charge in [-0.1, -0.05) is 19.1 Å². The molecule has 1 aliphatic rings. The molecule has 1 atom stereocenters. The SMILES string of the molecule is CCc1cccc(NC2CC(=O)NC2=O)c1. The second-order valence-corrected chi connectivity index (χ2v) is 3.87. The van der Waals surface area contributed by atoms with Crippen LogP contribution in [0.15, 0.2) is 24.3 Å². The van der Waals surface area contributed by atoms with Gasteiger partial charge in [0.1, 0.15) is 6.04 Å². The highest BCUT2D eigenvalue weighted by Crippen LogP contribution is 2.15. The molecule has 0 bridgehead atoms. The minimum absolute atomic E-state index is 0.214. The summed E-state index contributed by atoms with van der Waals surface area (Å²) < 4.78 is 0. The molecule has 16 heavy (non-hydrogen) atoms. The Morgan fingerprint density at radius 2 is 2.25 bits per heavy atom. The molecule has 0 saturated carbocycles. The van der Waals surface area contributed by atoms with Gasteiger partial charge >= 0.3 is 0 Å². The Labute approximate surface area is 94.0 Å². The largest absolute Gasteiger partial charge is 0.373 e. The average Bonchev–Trinajstić information content (AvgIpc) is 2.58. The van der Waals surface area contributed by atoms with Gasteiger partial charge in [-0.25, -0.2) is 0 Å². The lowest BCUT2D eigenvalue weighted by Crippen LogP contribution is -2.30. The van der Waals surface area contributed by atoms with Gasteiger partial charge in [0.15, 0.2) is 0 Å². The number of amides is 2. The first-order valence-corrected chi connectivity index (χ1v) is 5.38. The maximum atomic E-state index is 11.3. The van der Waals surface area contributed by atoms with Crippen LogP contribution in [0.4, 0.5) is 5.69 Å². The van der Waals surface area contributed by atoms with Gasteiger partial charge in [0, 0.05) is 5.69 Å². The Kier molecular flexibility index (Phi) is 2.90. The van der Waals surface area contributed by atoms with Crippen LogP contribution in [-0.2, 0) is 16.0 Å². The zero-order valence-corrected chi connectivity index (χ0v) is 9.12. The summed E-state index contributed by atoms with van der Waals surface area (Å²) in [6, 6.07) is 7.44. The molecule has 1 heterocycles. The number of imide groups is 1. The van der Waals surface area contributed by atoms with E-state index in [1.54, 1.807) is 0 Å². The molecule has 4 nitrogen and oxygen atoms in total. The Balaban J connectivity index is 2.09. The van der Waals surface area contributed by atoms with E-state index in [2.05, 4.69) is 17.6 Å². The lowest BCUT2D eigenvalue weighted by atomic mass is 10.1. The highest BCUT2D eigenvalue weighted by molar-refractivity contribution is 6.06. The standard InChI is InChI=1S/C12H14N2O2/c1-2-8-4-3-5-9(6-8)13-10-7-11(15)14-12(10)16/h3-6,10,13H,2,7H2,1H3,(H,14,15,16). The van der Waals surface area contributed by atoms with Gasteiger partial charge in [0.25, 0.3) is 0 Å². The fourth-order valence-corrected chi connectivity index (χ4v) is 1.75. The van der Waals surface area contributed by atoms with Crippen molar-refractivity contribution in [1.29, 1.82) is 0 Å². The van der Waals surface area contributed by atoms with Crippen molar-refractivity contribution in [3.63, 3.8) is 0 Å². The van der Waals surface area contributed by atoms with E-state index in [9.17, 15) is 9.59 Å². The summed E-state index contributed by atoms with van der Waals surface area (Å²) in [4.78, 5) is 22.4. The van der Waals surface area contributed by atoms with E-state index in [0.717, 1.165) is 12.1 Å². The second kappa shape index (κ2) is 4.35. The number of hydrogen-bond donors (Lipinski definition) is 2. The lowest BCUT2D eigenvalue weighted by molar-refractivity contribution is -0.124. The summed E-state index contributed by atoms with van der Waals surface area (Å²) >= 11 is 0. The van der Waals surface area contributed by atoms with Crippen molar-refractivity contribution in [2.24, 2.45) is 0 Å². The predicted molar refractivity (Wildman–Crippen MR) is 61.0 cm³/mol. The van der Waals surface area contributed by atoms with Gasteiger partial charge in [-0.05, 0) is 24.1 Å². The van der Waals surface area contributed by atoms with Crippen molar-refractivity contribution in [2.45, 2.75) is 25.8 Å². The third-order valence-electron chi connectivity index (χ3n) is 2.64. The molecule has 1 fully saturated rings. The van der Waals surface area contributed by atoms with Gasteiger partial charge in [-0.15, -0.1) is 0 Å². The maximum absolute atomic E-state index is 11.3. The van der Waals surface area contributed by atoms with Gasteiger partial charge in [-0.2, -0.15) is 0 Å². The monoisotopic (exact) mass is 218 g/mol. The molecule has 0 aromatic heterocycles. The van der Waals surface area contributed by atoms with E-state index in [1.807, 2.05) is 24.3 Å². The molecule has 2 rings (SSSR count). The number of aryl methyl sites for hydroxylation is 1. The minimum Gasteiger partial charge on any atom is -0.373 e. The molecule has 0 radical (unpaired) electrons. The van der Waals surface area contributed by atoms with E-state index in [4.69, 9.17) is 0 Å². The molecule has 84 valence electrons. The van der Waals surface area contributed by atoms with Crippen LogP contribution in [0.1, 0.15) is 18.9 Å². The summed E-state index contributed by atoms with van der Waals surface area (Å²) in [5.41, 5.74) is 2.09. The average molecular weight is 218 g/mol. The Morgan fingerprint density at radius 1 is 1.44 bits per heavy atom. The summed E-state index contributed by atoms with van der Waals surface area (Å²) in [5, 5.41) is 5.34. The van der Waals surface area contributed by atoms with Crippen LogP contribution in [0.2, 0.25) is 0 Å². The van der Waals surface area contributed by atoms with Crippen molar-refractivity contribution in [3.8, 4) is 0 Å². The first-order valence-electron chi connectivity index (χ1n) is 5.38. The van der Waals surface area contributed by atoms with E-state index in [0.29, 0.717) is 0 Å². The minimum atomic E-state index is -0.431. The maximum Gasteiger partial charge on any atom is 0.249 e.